The second-order valence-electron chi connectivity index (χ2n) is 5.82. The van der Waals surface area contributed by atoms with E-state index in [0.717, 1.165) is 11.4 Å². The van der Waals surface area contributed by atoms with Gasteiger partial charge in [-0.3, -0.25) is 9.36 Å². The van der Waals surface area contributed by atoms with Crippen molar-refractivity contribution in [2.75, 3.05) is 5.32 Å². The predicted molar refractivity (Wildman–Crippen MR) is 94.6 cm³/mol. The molecule has 0 spiro atoms. The molecule has 9 nitrogen and oxygen atoms in total. The van der Waals surface area contributed by atoms with Crippen molar-refractivity contribution in [3.05, 3.63) is 70.4 Å². The summed E-state index contributed by atoms with van der Waals surface area (Å²) in [7, 11) is 0. The summed E-state index contributed by atoms with van der Waals surface area (Å²) in [6, 6.07) is 8.74. The van der Waals surface area contributed by atoms with Gasteiger partial charge in [0.1, 0.15) is 0 Å². The lowest BCUT2D eigenvalue weighted by Gasteiger charge is -2.05. The van der Waals surface area contributed by atoms with Gasteiger partial charge in [0.15, 0.2) is 0 Å². The number of hydrogen-bond donors (Lipinski definition) is 2. The van der Waals surface area contributed by atoms with Crippen molar-refractivity contribution in [2.24, 2.45) is 0 Å². The lowest BCUT2D eigenvalue weighted by atomic mass is 10.2. The van der Waals surface area contributed by atoms with Crippen LogP contribution in [0.2, 0.25) is 0 Å². The van der Waals surface area contributed by atoms with Crippen molar-refractivity contribution in [3.63, 3.8) is 0 Å². The van der Waals surface area contributed by atoms with Crippen LogP contribution in [0.5, 0.6) is 0 Å². The zero-order valence-electron chi connectivity index (χ0n) is 14.1. The number of hydrogen-bond acceptors (Lipinski definition) is 5. The third-order valence-corrected chi connectivity index (χ3v) is 3.87. The molecule has 0 bridgehead atoms. The molecule has 0 saturated carbocycles. The third kappa shape index (κ3) is 2.75. The van der Waals surface area contributed by atoms with Crippen LogP contribution >= 0.6 is 0 Å². The molecule has 1 amide bonds. The second-order valence-corrected chi connectivity index (χ2v) is 5.82. The van der Waals surface area contributed by atoms with Crippen molar-refractivity contribution in [3.8, 4) is 5.69 Å². The first kappa shape index (κ1) is 15.8. The van der Waals surface area contributed by atoms with Gasteiger partial charge in [-0.05, 0) is 44.2 Å². The zero-order valence-corrected chi connectivity index (χ0v) is 14.1. The maximum absolute atomic E-state index is 12.4. The van der Waals surface area contributed by atoms with Gasteiger partial charge in [0.25, 0.3) is 11.7 Å². The Morgan fingerprint density at radius 1 is 1.15 bits per heavy atom. The maximum Gasteiger partial charge on any atom is 0.330 e. The molecule has 0 aliphatic carbocycles. The monoisotopic (exact) mass is 349 g/mol. The molecule has 0 radical (unpaired) electrons. The highest BCUT2D eigenvalue weighted by Gasteiger charge is 2.15. The number of rotatable bonds is 3. The van der Waals surface area contributed by atoms with Gasteiger partial charge in [-0.1, -0.05) is 0 Å². The highest BCUT2D eigenvalue weighted by atomic mass is 16.2. The molecule has 4 aromatic rings. The van der Waals surface area contributed by atoms with E-state index in [0.29, 0.717) is 17.2 Å². The van der Waals surface area contributed by atoms with E-state index in [1.165, 1.54) is 9.08 Å². The second kappa shape index (κ2) is 5.96. The Morgan fingerprint density at radius 3 is 2.62 bits per heavy atom. The Balaban J connectivity index is 1.57. The number of amides is 1. The normalized spacial score (nSPS) is 11.0. The Kier molecular flexibility index (Phi) is 3.61. The lowest BCUT2D eigenvalue weighted by Crippen LogP contribution is -2.15. The summed E-state index contributed by atoms with van der Waals surface area (Å²) in [4.78, 5) is 35.0. The van der Waals surface area contributed by atoms with E-state index < -0.39 is 5.91 Å². The quantitative estimate of drug-likeness (QED) is 0.582. The van der Waals surface area contributed by atoms with Crippen LogP contribution in [0.25, 0.3) is 11.5 Å². The Morgan fingerprint density at radius 2 is 1.92 bits per heavy atom. The van der Waals surface area contributed by atoms with E-state index in [1.807, 2.05) is 19.9 Å². The molecular formula is C17H15N7O2. The number of benzene rings is 1. The van der Waals surface area contributed by atoms with Gasteiger partial charge in [0, 0.05) is 29.5 Å². The van der Waals surface area contributed by atoms with Crippen molar-refractivity contribution >= 4 is 17.4 Å². The third-order valence-electron chi connectivity index (χ3n) is 3.87. The molecular weight excluding hydrogens is 334 g/mol. The van der Waals surface area contributed by atoms with Crippen molar-refractivity contribution in [1.29, 1.82) is 0 Å². The van der Waals surface area contributed by atoms with Gasteiger partial charge < -0.3 is 10.3 Å². The van der Waals surface area contributed by atoms with E-state index in [4.69, 9.17) is 0 Å². The van der Waals surface area contributed by atoms with Crippen molar-refractivity contribution < 1.29 is 4.79 Å². The van der Waals surface area contributed by atoms with Gasteiger partial charge in [-0.15, -0.1) is 5.10 Å². The van der Waals surface area contributed by atoms with Crippen molar-refractivity contribution in [1.82, 2.24) is 29.1 Å². The van der Waals surface area contributed by atoms with Crippen LogP contribution in [-0.4, -0.2) is 35.0 Å². The number of aryl methyl sites for hydroxylation is 2. The molecule has 3 aromatic heterocycles. The van der Waals surface area contributed by atoms with E-state index in [2.05, 4.69) is 25.4 Å². The number of aromatic amines is 1. The lowest BCUT2D eigenvalue weighted by molar-refractivity contribution is 0.101. The molecule has 0 saturated heterocycles. The summed E-state index contributed by atoms with van der Waals surface area (Å²) in [6.07, 6.45) is 3.19. The van der Waals surface area contributed by atoms with Crippen molar-refractivity contribution in [2.45, 2.75) is 13.8 Å². The minimum absolute atomic E-state index is 0.0390. The molecule has 1 aromatic carbocycles. The first-order valence-corrected chi connectivity index (χ1v) is 7.90. The van der Waals surface area contributed by atoms with Gasteiger partial charge in [0.2, 0.25) is 5.82 Å². The van der Waals surface area contributed by atoms with Crippen LogP contribution in [0.4, 0.5) is 5.69 Å². The number of fused-ring (bicyclic) bond motifs is 1. The standard InChI is InChI=1S/C17H15N7O2/c1-10-9-11(2)24-16(19-10)21-14(22-24)15(25)20-12-3-5-13(6-4-12)23-8-7-18-17(23)26/h3-9H,1-2H3,(H,18,26)(H,20,25). The van der Waals surface area contributed by atoms with E-state index >= 15 is 0 Å². The number of carbonyl (C=O) groups excluding carboxylic acids is 1. The molecule has 130 valence electrons. The number of nitrogens with one attached hydrogen (secondary N) is 2. The van der Waals surface area contributed by atoms with Crippen LogP contribution in [-0.2, 0) is 0 Å². The number of aromatic nitrogens is 6. The topological polar surface area (TPSA) is 110 Å². The molecule has 2 N–H and O–H groups in total. The molecule has 9 heteroatoms. The average Bonchev–Trinajstić information content (AvgIpc) is 3.22. The van der Waals surface area contributed by atoms with Gasteiger partial charge >= 0.3 is 5.69 Å². The van der Waals surface area contributed by atoms with Crippen LogP contribution in [0.15, 0.2) is 47.5 Å². The largest absolute Gasteiger partial charge is 0.330 e. The fourth-order valence-electron chi connectivity index (χ4n) is 2.68. The summed E-state index contributed by atoms with van der Waals surface area (Å²) in [5, 5.41) is 6.94. The van der Waals surface area contributed by atoms with E-state index in [-0.39, 0.29) is 11.5 Å². The number of carbonyl (C=O) groups is 1. The summed E-state index contributed by atoms with van der Waals surface area (Å²) < 4.78 is 3.00. The minimum Gasteiger partial charge on any atom is -0.319 e. The van der Waals surface area contributed by atoms with Crippen LogP contribution < -0.4 is 11.0 Å². The summed E-state index contributed by atoms with van der Waals surface area (Å²) >= 11 is 0. The molecule has 0 aliphatic heterocycles. The molecule has 0 aliphatic rings. The summed E-state index contributed by atoms with van der Waals surface area (Å²) in [6.45, 7) is 3.73. The molecule has 0 atom stereocenters. The highest BCUT2D eigenvalue weighted by Crippen LogP contribution is 2.13. The Labute approximate surface area is 147 Å². The SMILES string of the molecule is Cc1cc(C)n2nc(C(=O)Nc3ccc(-n4cc[nH]c4=O)cc3)nc2n1. The molecule has 0 fully saturated rings. The van der Waals surface area contributed by atoms with Crippen LogP contribution in [0, 0.1) is 13.8 Å². The number of anilines is 1. The number of H-pyrrole nitrogens is 1. The van der Waals surface area contributed by atoms with E-state index in [9.17, 15) is 9.59 Å². The first-order valence-electron chi connectivity index (χ1n) is 7.90. The summed E-state index contributed by atoms with van der Waals surface area (Å²) in [5.41, 5.74) is 2.69. The maximum atomic E-state index is 12.4. The van der Waals surface area contributed by atoms with Gasteiger partial charge in [-0.2, -0.15) is 4.98 Å². The predicted octanol–water partition coefficient (Wildman–Crippen LogP) is 1.47. The fourth-order valence-corrected chi connectivity index (χ4v) is 2.68. The van der Waals surface area contributed by atoms with E-state index in [1.54, 1.807) is 36.7 Å². The Bertz CT molecular complexity index is 1170. The number of imidazole rings is 1. The molecule has 4 rings (SSSR count). The smallest absolute Gasteiger partial charge is 0.319 e. The van der Waals surface area contributed by atoms with Crippen LogP contribution in [0.1, 0.15) is 22.0 Å². The highest BCUT2D eigenvalue weighted by molar-refractivity contribution is 6.01. The zero-order chi connectivity index (χ0) is 18.3. The molecule has 26 heavy (non-hydrogen) atoms. The fraction of sp³-hybridized carbons (Fsp3) is 0.118. The first-order chi connectivity index (χ1) is 12.5. The molecule has 0 unspecified atom stereocenters. The van der Waals surface area contributed by atoms with Gasteiger partial charge in [0.05, 0.1) is 5.69 Å². The molecule has 3 heterocycles. The van der Waals surface area contributed by atoms with Crippen LogP contribution in [0.3, 0.4) is 0 Å². The Hall–Kier alpha value is -3.75. The summed E-state index contributed by atoms with van der Waals surface area (Å²) in [5.74, 6) is -0.00826. The number of nitrogens with zero attached hydrogens (tertiary/aromatic N) is 5. The minimum atomic E-state index is -0.431. The average molecular weight is 349 g/mol. The van der Waals surface area contributed by atoms with Gasteiger partial charge in [-0.25, -0.2) is 14.3 Å².